The number of anilines is 1. The van der Waals surface area contributed by atoms with E-state index in [9.17, 15) is 10.1 Å². The first-order valence-corrected chi connectivity index (χ1v) is 10.3. The number of nitrogens with zero attached hydrogens (tertiary/aromatic N) is 6. The Hall–Kier alpha value is -4.02. The minimum Gasteiger partial charge on any atom is -0.467 e. The molecule has 0 unspecified atom stereocenters. The fourth-order valence-electron chi connectivity index (χ4n) is 3.57. The van der Waals surface area contributed by atoms with Crippen molar-refractivity contribution in [2.24, 2.45) is 0 Å². The Balaban J connectivity index is 1.36. The van der Waals surface area contributed by atoms with Crippen molar-refractivity contribution in [1.29, 1.82) is 10.5 Å². The standard InChI is InChI=1S/C22H22N6O4/c23-6-3-7-28(15-17-4-1-12-30-17)20(29)16-26-8-10-27(11-9-26)22-18(14-24)25-21(32-22)19-5-2-13-31-19/h1-2,4-5,12-13H,3,7-11,15-16H2. The normalized spacial score (nSPS) is 14.1. The molecule has 0 atom stereocenters. The molecule has 1 fully saturated rings. The summed E-state index contributed by atoms with van der Waals surface area (Å²) in [5.74, 6) is 1.78. The van der Waals surface area contributed by atoms with E-state index in [1.165, 1.54) is 6.26 Å². The third-order valence-corrected chi connectivity index (χ3v) is 5.24. The van der Waals surface area contributed by atoms with Crippen molar-refractivity contribution >= 4 is 11.8 Å². The minimum absolute atomic E-state index is 0.0532. The van der Waals surface area contributed by atoms with Gasteiger partial charge in [0.05, 0.1) is 38.1 Å². The average molecular weight is 434 g/mol. The Morgan fingerprint density at radius 1 is 1.12 bits per heavy atom. The first-order chi connectivity index (χ1) is 15.7. The number of carbonyl (C=O) groups excluding carboxylic acids is 1. The molecule has 164 valence electrons. The Morgan fingerprint density at radius 3 is 2.56 bits per heavy atom. The van der Waals surface area contributed by atoms with Gasteiger partial charge in [-0.15, -0.1) is 0 Å². The third-order valence-electron chi connectivity index (χ3n) is 5.24. The van der Waals surface area contributed by atoms with Crippen LogP contribution >= 0.6 is 0 Å². The van der Waals surface area contributed by atoms with E-state index in [1.807, 2.05) is 11.0 Å². The molecule has 3 aromatic rings. The summed E-state index contributed by atoms with van der Waals surface area (Å²) in [6, 6.07) is 11.2. The summed E-state index contributed by atoms with van der Waals surface area (Å²) in [5, 5.41) is 18.4. The number of aromatic nitrogens is 1. The molecule has 4 heterocycles. The highest BCUT2D eigenvalue weighted by molar-refractivity contribution is 5.78. The van der Waals surface area contributed by atoms with Gasteiger partial charge in [-0.2, -0.15) is 15.5 Å². The van der Waals surface area contributed by atoms with E-state index in [2.05, 4.69) is 22.0 Å². The maximum absolute atomic E-state index is 12.9. The number of furan rings is 2. The Labute approximate surface area is 184 Å². The highest BCUT2D eigenvalue weighted by Gasteiger charge is 2.27. The summed E-state index contributed by atoms with van der Waals surface area (Å²) in [6.45, 7) is 3.37. The number of rotatable bonds is 8. The summed E-state index contributed by atoms with van der Waals surface area (Å²) >= 11 is 0. The summed E-state index contributed by atoms with van der Waals surface area (Å²) in [5.41, 5.74) is 0.210. The lowest BCUT2D eigenvalue weighted by Gasteiger charge is -2.35. The second-order valence-electron chi connectivity index (χ2n) is 7.33. The van der Waals surface area contributed by atoms with Crippen molar-refractivity contribution in [3.05, 3.63) is 48.2 Å². The van der Waals surface area contributed by atoms with Gasteiger partial charge in [-0.05, 0) is 24.3 Å². The van der Waals surface area contributed by atoms with E-state index < -0.39 is 0 Å². The molecule has 0 spiro atoms. The Morgan fingerprint density at radius 2 is 1.91 bits per heavy atom. The molecule has 1 saturated heterocycles. The monoisotopic (exact) mass is 434 g/mol. The van der Waals surface area contributed by atoms with E-state index in [0.717, 1.165) is 0 Å². The summed E-state index contributed by atoms with van der Waals surface area (Å²) < 4.78 is 16.5. The molecule has 0 radical (unpaired) electrons. The van der Waals surface area contributed by atoms with E-state index in [-0.39, 0.29) is 30.5 Å². The molecule has 0 aromatic carbocycles. The lowest BCUT2D eigenvalue weighted by Crippen LogP contribution is -2.50. The van der Waals surface area contributed by atoms with Gasteiger partial charge >= 0.3 is 0 Å². The minimum atomic E-state index is -0.0532. The van der Waals surface area contributed by atoms with Crippen LogP contribution in [0.2, 0.25) is 0 Å². The van der Waals surface area contributed by atoms with Crippen LogP contribution in [0.5, 0.6) is 0 Å². The predicted octanol–water partition coefficient (Wildman–Crippen LogP) is 2.46. The highest BCUT2D eigenvalue weighted by Crippen LogP contribution is 2.29. The second kappa shape index (κ2) is 9.86. The number of nitriles is 2. The van der Waals surface area contributed by atoms with Gasteiger partial charge in [-0.25, -0.2) is 0 Å². The van der Waals surface area contributed by atoms with Crippen molar-refractivity contribution in [2.45, 2.75) is 13.0 Å². The fourth-order valence-corrected chi connectivity index (χ4v) is 3.57. The molecule has 1 amide bonds. The molecule has 0 aliphatic carbocycles. The van der Waals surface area contributed by atoms with Crippen LogP contribution in [-0.4, -0.2) is 60.0 Å². The molecule has 4 rings (SSSR count). The molecular weight excluding hydrogens is 412 g/mol. The van der Waals surface area contributed by atoms with Gasteiger partial charge in [0.2, 0.25) is 17.5 Å². The molecule has 10 nitrogen and oxygen atoms in total. The van der Waals surface area contributed by atoms with E-state index >= 15 is 0 Å². The molecule has 3 aromatic heterocycles. The van der Waals surface area contributed by atoms with Gasteiger partial charge in [0.15, 0.2) is 5.76 Å². The predicted molar refractivity (Wildman–Crippen MR) is 112 cm³/mol. The van der Waals surface area contributed by atoms with E-state index in [0.29, 0.717) is 56.7 Å². The zero-order valence-corrected chi connectivity index (χ0v) is 17.4. The van der Waals surface area contributed by atoms with Crippen LogP contribution in [0.1, 0.15) is 17.9 Å². The molecule has 1 aliphatic heterocycles. The van der Waals surface area contributed by atoms with Gasteiger partial charge < -0.3 is 23.1 Å². The van der Waals surface area contributed by atoms with Crippen LogP contribution in [0.25, 0.3) is 11.7 Å². The number of carbonyl (C=O) groups is 1. The van der Waals surface area contributed by atoms with Crippen molar-refractivity contribution < 1.29 is 18.0 Å². The van der Waals surface area contributed by atoms with E-state index in [4.69, 9.17) is 18.5 Å². The van der Waals surface area contributed by atoms with Crippen molar-refractivity contribution in [2.75, 3.05) is 44.2 Å². The molecule has 0 N–H and O–H groups in total. The quantitative estimate of drug-likeness (QED) is 0.525. The SMILES string of the molecule is N#CCCN(Cc1ccco1)C(=O)CN1CCN(c2oc(-c3ccco3)nc2C#N)CC1. The summed E-state index contributed by atoms with van der Waals surface area (Å²) in [7, 11) is 0. The van der Waals surface area contributed by atoms with Crippen LogP contribution in [0, 0.1) is 22.7 Å². The van der Waals surface area contributed by atoms with Crippen LogP contribution < -0.4 is 4.90 Å². The Bertz CT molecular complexity index is 1100. The van der Waals surface area contributed by atoms with Gasteiger partial charge in [0, 0.05) is 32.7 Å². The zero-order chi connectivity index (χ0) is 22.3. The smallest absolute Gasteiger partial charge is 0.266 e. The lowest BCUT2D eigenvalue weighted by atomic mass is 10.2. The summed E-state index contributed by atoms with van der Waals surface area (Å²) in [6.07, 6.45) is 3.35. The third kappa shape index (κ3) is 4.82. The van der Waals surface area contributed by atoms with Gasteiger partial charge in [-0.1, -0.05) is 0 Å². The molecular formula is C22H22N6O4. The first-order valence-electron chi connectivity index (χ1n) is 10.3. The molecule has 10 heteroatoms. The van der Waals surface area contributed by atoms with Crippen molar-refractivity contribution in [3.63, 3.8) is 0 Å². The maximum atomic E-state index is 12.9. The topological polar surface area (TPSA) is 127 Å². The second-order valence-corrected chi connectivity index (χ2v) is 7.33. The van der Waals surface area contributed by atoms with Crippen LogP contribution in [0.15, 0.2) is 50.0 Å². The lowest BCUT2D eigenvalue weighted by molar-refractivity contribution is -0.133. The summed E-state index contributed by atoms with van der Waals surface area (Å²) in [4.78, 5) is 22.7. The fraction of sp³-hybridized carbons (Fsp3) is 0.364. The van der Waals surface area contributed by atoms with Crippen LogP contribution in [0.3, 0.4) is 0 Å². The number of hydrogen-bond donors (Lipinski definition) is 0. The highest BCUT2D eigenvalue weighted by atomic mass is 16.4. The number of piperazine rings is 1. The molecule has 32 heavy (non-hydrogen) atoms. The van der Waals surface area contributed by atoms with Crippen LogP contribution in [0.4, 0.5) is 5.88 Å². The van der Waals surface area contributed by atoms with Crippen molar-refractivity contribution in [3.8, 4) is 23.8 Å². The van der Waals surface area contributed by atoms with Crippen molar-refractivity contribution in [1.82, 2.24) is 14.8 Å². The first kappa shape index (κ1) is 21.2. The number of amides is 1. The van der Waals surface area contributed by atoms with Gasteiger partial charge in [0.25, 0.3) is 5.89 Å². The largest absolute Gasteiger partial charge is 0.467 e. The molecule has 0 saturated carbocycles. The number of hydrogen-bond acceptors (Lipinski definition) is 9. The van der Waals surface area contributed by atoms with Gasteiger partial charge in [-0.3, -0.25) is 9.69 Å². The number of oxazole rings is 1. The average Bonchev–Trinajstić information content (AvgIpc) is 3.58. The zero-order valence-electron chi connectivity index (χ0n) is 17.4. The van der Waals surface area contributed by atoms with E-state index in [1.54, 1.807) is 29.4 Å². The molecule has 0 bridgehead atoms. The van der Waals surface area contributed by atoms with Crippen LogP contribution in [-0.2, 0) is 11.3 Å². The maximum Gasteiger partial charge on any atom is 0.266 e. The Kier molecular flexibility index (Phi) is 6.54. The van der Waals surface area contributed by atoms with Gasteiger partial charge in [0.1, 0.15) is 11.8 Å². The molecule has 1 aliphatic rings.